The van der Waals surface area contributed by atoms with E-state index in [1.54, 1.807) is 0 Å². The number of carbonyl (C=O) groups is 1. The van der Waals surface area contributed by atoms with Gasteiger partial charge in [-0.25, -0.2) is 4.79 Å². The number of ether oxygens (including phenoxy) is 3. The number of hydrogen-bond acceptors (Lipinski definition) is 4. The summed E-state index contributed by atoms with van der Waals surface area (Å²) in [5.41, 5.74) is 0. The number of rotatable bonds is 1. The van der Waals surface area contributed by atoms with Gasteiger partial charge in [0.05, 0.1) is 12.7 Å². The molecule has 2 aliphatic heterocycles. The minimum absolute atomic E-state index is 0.0689. The molecule has 2 heterocycles. The Kier molecular flexibility index (Phi) is 2.00. The van der Waals surface area contributed by atoms with Gasteiger partial charge in [0, 0.05) is 6.42 Å². The number of hydrogen-bond donors (Lipinski definition) is 1. The Bertz CT molecular complexity index is 192. The van der Waals surface area contributed by atoms with Crippen LogP contribution in [0.15, 0.2) is 0 Å². The van der Waals surface area contributed by atoms with Gasteiger partial charge in [0.1, 0.15) is 12.9 Å². The van der Waals surface area contributed by atoms with Crippen LogP contribution in [0.1, 0.15) is 6.42 Å². The molecule has 3 atom stereocenters. The van der Waals surface area contributed by atoms with Gasteiger partial charge in [-0.3, -0.25) is 0 Å². The number of aliphatic carboxylic acids is 1. The van der Waals surface area contributed by atoms with E-state index in [9.17, 15) is 4.79 Å². The number of carboxylic acid groups (broad SMARTS) is 1. The summed E-state index contributed by atoms with van der Waals surface area (Å²) in [7, 11) is 0. The van der Waals surface area contributed by atoms with Gasteiger partial charge < -0.3 is 19.3 Å². The van der Waals surface area contributed by atoms with Gasteiger partial charge in [0.2, 0.25) is 0 Å². The molecule has 5 nitrogen and oxygen atoms in total. The van der Waals surface area contributed by atoms with Crippen LogP contribution in [0.5, 0.6) is 0 Å². The first-order valence-electron chi connectivity index (χ1n) is 3.85. The smallest absolute Gasteiger partial charge is 0.332 e. The van der Waals surface area contributed by atoms with E-state index in [0.717, 1.165) is 0 Å². The molecule has 0 aromatic carbocycles. The second kappa shape index (κ2) is 3.01. The molecular weight excluding hydrogens is 164 g/mol. The average Bonchev–Trinajstić information content (AvgIpc) is 2.49. The Morgan fingerprint density at radius 1 is 1.25 bits per heavy atom. The third kappa shape index (κ3) is 1.31. The number of carboxylic acids is 1. The van der Waals surface area contributed by atoms with Crippen molar-refractivity contribution in [1.29, 1.82) is 0 Å². The van der Waals surface area contributed by atoms with E-state index in [0.29, 0.717) is 13.0 Å². The Morgan fingerprint density at radius 2 is 2.00 bits per heavy atom. The molecule has 0 amide bonds. The van der Waals surface area contributed by atoms with E-state index in [2.05, 4.69) is 0 Å². The second-order valence-electron chi connectivity index (χ2n) is 2.92. The first-order chi connectivity index (χ1) is 5.77. The van der Waals surface area contributed by atoms with Crippen molar-refractivity contribution in [3.63, 3.8) is 0 Å². The van der Waals surface area contributed by atoms with Crippen LogP contribution in [0.2, 0.25) is 0 Å². The normalized spacial score (nSPS) is 40.8. The lowest BCUT2D eigenvalue weighted by molar-refractivity contribution is -0.160. The summed E-state index contributed by atoms with van der Waals surface area (Å²) in [6.07, 6.45) is -0.506. The molecule has 0 aliphatic carbocycles. The predicted molar refractivity (Wildman–Crippen MR) is 36.6 cm³/mol. The van der Waals surface area contributed by atoms with Crippen molar-refractivity contribution < 1.29 is 24.1 Å². The summed E-state index contributed by atoms with van der Waals surface area (Å²) < 4.78 is 15.4. The Morgan fingerprint density at radius 3 is 2.75 bits per heavy atom. The van der Waals surface area contributed by atoms with Crippen molar-refractivity contribution in [2.75, 3.05) is 13.4 Å². The third-order valence-electron chi connectivity index (χ3n) is 2.16. The number of fused-ring (bicyclic) bond motifs is 1. The molecule has 12 heavy (non-hydrogen) atoms. The maximum atomic E-state index is 10.5. The van der Waals surface area contributed by atoms with E-state index in [1.807, 2.05) is 0 Å². The molecule has 2 fully saturated rings. The Labute approximate surface area is 69.2 Å². The van der Waals surface area contributed by atoms with Crippen molar-refractivity contribution in [3.05, 3.63) is 0 Å². The van der Waals surface area contributed by atoms with Crippen LogP contribution in [-0.4, -0.2) is 42.8 Å². The van der Waals surface area contributed by atoms with E-state index in [-0.39, 0.29) is 19.0 Å². The van der Waals surface area contributed by atoms with E-state index in [4.69, 9.17) is 19.3 Å². The van der Waals surface area contributed by atoms with Gasteiger partial charge in [-0.15, -0.1) is 0 Å². The lowest BCUT2D eigenvalue weighted by Gasteiger charge is -2.27. The fourth-order valence-corrected chi connectivity index (χ4v) is 1.47. The molecule has 2 saturated heterocycles. The molecular formula is C7H10O5. The molecule has 5 heteroatoms. The topological polar surface area (TPSA) is 65.0 Å². The molecule has 2 rings (SSSR count). The molecule has 2 aliphatic rings. The van der Waals surface area contributed by atoms with Gasteiger partial charge in [0.15, 0.2) is 6.10 Å². The summed E-state index contributed by atoms with van der Waals surface area (Å²) in [4.78, 5) is 10.5. The zero-order chi connectivity index (χ0) is 8.55. The molecule has 0 saturated carbocycles. The summed E-state index contributed by atoms with van der Waals surface area (Å²) >= 11 is 0. The quantitative estimate of drug-likeness (QED) is 0.586. The molecule has 0 radical (unpaired) electrons. The highest BCUT2D eigenvalue weighted by molar-refractivity contribution is 5.72. The highest BCUT2D eigenvalue weighted by Gasteiger charge is 2.39. The first-order valence-corrected chi connectivity index (χ1v) is 3.85. The van der Waals surface area contributed by atoms with Crippen molar-refractivity contribution in [1.82, 2.24) is 0 Å². The third-order valence-corrected chi connectivity index (χ3v) is 2.16. The van der Waals surface area contributed by atoms with Crippen LogP contribution in [0.3, 0.4) is 0 Å². The lowest BCUT2D eigenvalue weighted by Crippen LogP contribution is -2.42. The van der Waals surface area contributed by atoms with Crippen molar-refractivity contribution in [3.8, 4) is 0 Å². The Balaban J connectivity index is 1.96. The van der Waals surface area contributed by atoms with E-state index >= 15 is 0 Å². The monoisotopic (exact) mass is 174 g/mol. The van der Waals surface area contributed by atoms with Gasteiger partial charge >= 0.3 is 5.97 Å². The van der Waals surface area contributed by atoms with E-state index < -0.39 is 12.1 Å². The molecule has 0 bridgehead atoms. The fraction of sp³-hybridized carbons (Fsp3) is 0.857. The molecule has 68 valence electrons. The molecule has 0 aromatic heterocycles. The SMILES string of the molecule is O=C(O)C1CC2OCOC2CO1. The van der Waals surface area contributed by atoms with Gasteiger partial charge in [-0.1, -0.05) is 0 Å². The van der Waals surface area contributed by atoms with Crippen LogP contribution in [0.4, 0.5) is 0 Å². The summed E-state index contributed by atoms with van der Waals surface area (Å²) in [5.74, 6) is -0.927. The van der Waals surface area contributed by atoms with Crippen molar-refractivity contribution in [2.24, 2.45) is 0 Å². The second-order valence-corrected chi connectivity index (χ2v) is 2.92. The van der Waals surface area contributed by atoms with Crippen LogP contribution < -0.4 is 0 Å². The van der Waals surface area contributed by atoms with Gasteiger partial charge in [-0.2, -0.15) is 0 Å². The van der Waals surface area contributed by atoms with Crippen molar-refractivity contribution >= 4 is 5.97 Å². The zero-order valence-electron chi connectivity index (χ0n) is 6.43. The minimum Gasteiger partial charge on any atom is -0.479 e. The van der Waals surface area contributed by atoms with E-state index in [1.165, 1.54) is 0 Å². The zero-order valence-corrected chi connectivity index (χ0v) is 6.43. The molecule has 3 unspecified atom stereocenters. The molecule has 0 spiro atoms. The summed E-state index contributed by atoms with van der Waals surface area (Å²) in [6.45, 7) is 0.576. The lowest BCUT2D eigenvalue weighted by atomic mass is 10.0. The van der Waals surface area contributed by atoms with Crippen LogP contribution in [0.25, 0.3) is 0 Å². The van der Waals surface area contributed by atoms with Crippen LogP contribution in [0, 0.1) is 0 Å². The van der Waals surface area contributed by atoms with Gasteiger partial charge in [-0.05, 0) is 0 Å². The first kappa shape index (κ1) is 7.97. The Hall–Kier alpha value is -0.650. The standard InChI is InChI=1S/C7H10O5/c8-7(9)5-1-4-6(2-10-5)12-3-11-4/h4-6H,1-3H2,(H,8,9). The largest absolute Gasteiger partial charge is 0.479 e. The highest BCUT2D eigenvalue weighted by atomic mass is 16.7. The predicted octanol–water partition coefficient (Wildman–Crippen LogP) is -0.399. The maximum absolute atomic E-state index is 10.5. The molecule has 0 aromatic rings. The van der Waals surface area contributed by atoms with Crippen molar-refractivity contribution in [2.45, 2.75) is 24.7 Å². The average molecular weight is 174 g/mol. The highest BCUT2D eigenvalue weighted by Crippen LogP contribution is 2.24. The summed E-state index contributed by atoms with van der Waals surface area (Å²) in [6, 6.07) is 0. The maximum Gasteiger partial charge on any atom is 0.332 e. The van der Waals surface area contributed by atoms with Crippen LogP contribution in [-0.2, 0) is 19.0 Å². The van der Waals surface area contributed by atoms with Gasteiger partial charge in [0.25, 0.3) is 0 Å². The molecule has 1 N–H and O–H groups in total. The summed E-state index contributed by atoms with van der Waals surface area (Å²) in [5, 5.41) is 8.64. The fourth-order valence-electron chi connectivity index (χ4n) is 1.47. The minimum atomic E-state index is -0.927. The van der Waals surface area contributed by atoms with Crippen LogP contribution >= 0.6 is 0 Å².